The Morgan fingerprint density at radius 2 is 1.79 bits per heavy atom. The first-order valence-electron chi connectivity index (χ1n) is 10.9. The molecule has 0 bridgehead atoms. The summed E-state index contributed by atoms with van der Waals surface area (Å²) >= 11 is 0. The number of benzene rings is 2. The van der Waals surface area contributed by atoms with Gasteiger partial charge in [0.2, 0.25) is 10.0 Å². The molecule has 0 spiro atoms. The van der Waals surface area contributed by atoms with E-state index in [1.54, 1.807) is 30.3 Å². The van der Waals surface area contributed by atoms with Crippen molar-refractivity contribution < 1.29 is 22.7 Å². The van der Waals surface area contributed by atoms with Crippen LogP contribution in [-0.2, 0) is 14.8 Å². The van der Waals surface area contributed by atoms with Crippen molar-refractivity contribution in [1.82, 2.24) is 5.43 Å². The molecule has 0 aliphatic carbocycles. The van der Waals surface area contributed by atoms with Crippen molar-refractivity contribution in [2.24, 2.45) is 5.10 Å². The SMILES string of the molecule is CCCOc1ccc(/C=N\NC(=O)CN(c2ccc(C(C)C)cc2)S(C)(=O)=O)cc1OCC. The van der Waals surface area contributed by atoms with E-state index in [0.717, 1.165) is 22.5 Å². The van der Waals surface area contributed by atoms with Crippen molar-refractivity contribution in [3.8, 4) is 11.5 Å². The maximum absolute atomic E-state index is 12.4. The number of hydrogen-bond acceptors (Lipinski definition) is 6. The molecular weight excluding hydrogens is 442 g/mol. The Hall–Kier alpha value is -3.07. The number of anilines is 1. The van der Waals surface area contributed by atoms with Crippen molar-refractivity contribution in [1.29, 1.82) is 0 Å². The van der Waals surface area contributed by atoms with Crippen LogP contribution < -0.4 is 19.2 Å². The Balaban J connectivity index is 2.08. The van der Waals surface area contributed by atoms with E-state index in [1.807, 2.05) is 26.0 Å². The third-order valence-electron chi connectivity index (χ3n) is 4.67. The minimum Gasteiger partial charge on any atom is -0.490 e. The number of sulfonamides is 1. The topological polar surface area (TPSA) is 97.3 Å². The highest BCUT2D eigenvalue weighted by Crippen LogP contribution is 2.28. The largest absolute Gasteiger partial charge is 0.490 e. The van der Waals surface area contributed by atoms with Gasteiger partial charge in [0.1, 0.15) is 6.54 Å². The van der Waals surface area contributed by atoms with Gasteiger partial charge >= 0.3 is 0 Å². The summed E-state index contributed by atoms with van der Waals surface area (Å²) in [6.07, 6.45) is 3.41. The number of nitrogens with one attached hydrogen (secondary N) is 1. The zero-order chi connectivity index (χ0) is 24.4. The quantitative estimate of drug-likeness (QED) is 0.371. The van der Waals surface area contributed by atoms with Crippen molar-refractivity contribution in [2.45, 2.75) is 40.0 Å². The molecule has 8 nitrogen and oxygen atoms in total. The molecule has 0 aromatic heterocycles. The fourth-order valence-corrected chi connectivity index (χ4v) is 3.83. The summed E-state index contributed by atoms with van der Waals surface area (Å²) in [5.74, 6) is 0.998. The lowest BCUT2D eigenvalue weighted by Gasteiger charge is -2.21. The monoisotopic (exact) mass is 475 g/mol. The van der Waals surface area contributed by atoms with E-state index in [2.05, 4.69) is 24.4 Å². The van der Waals surface area contributed by atoms with E-state index in [0.29, 0.717) is 41.9 Å². The second-order valence-electron chi connectivity index (χ2n) is 7.80. The number of carbonyl (C=O) groups excluding carboxylic acids is 1. The molecular formula is C24H33N3O5S. The maximum atomic E-state index is 12.4. The zero-order valence-electron chi connectivity index (χ0n) is 19.9. The highest BCUT2D eigenvalue weighted by atomic mass is 32.2. The van der Waals surface area contributed by atoms with Crippen molar-refractivity contribution in [3.05, 3.63) is 53.6 Å². The number of hydrogen-bond donors (Lipinski definition) is 1. The number of hydrazone groups is 1. The molecule has 0 unspecified atom stereocenters. The molecule has 1 N–H and O–H groups in total. The first-order chi connectivity index (χ1) is 15.7. The summed E-state index contributed by atoms with van der Waals surface area (Å²) in [4.78, 5) is 12.4. The van der Waals surface area contributed by atoms with Crippen LogP contribution >= 0.6 is 0 Å². The molecule has 2 aromatic carbocycles. The fourth-order valence-electron chi connectivity index (χ4n) is 2.97. The Labute approximate surface area is 196 Å². The minimum absolute atomic E-state index is 0.318. The van der Waals surface area contributed by atoms with Crippen LogP contribution in [0.15, 0.2) is 47.6 Å². The van der Waals surface area contributed by atoms with Crippen LogP contribution in [0.2, 0.25) is 0 Å². The lowest BCUT2D eigenvalue weighted by Crippen LogP contribution is -2.39. The predicted molar refractivity (Wildman–Crippen MR) is 132 cm³/mol. The first-order valence-corrected chi connectivity index (χ1v) is 12.8. The molecule has 0 saturated carbocycles. The summed E-state index contributed by atoms with van der Waals surface area (Å²) in [5, 5.41) is 3.96. The van der Waals surface area contributed by atoms with E-state index in [4.69, 9.17) is 9.47 Å². The van der Waals surface area contributed by atoms with Crippen LogP contribution in [0, 0.1) is 0 Å². The molecule has 0 aliphatic rings. The fraction of sp³-hybridized carbons (Fsp3) is 0.417. The van der Waals surface area contributed by atoms with Crippen molar-refractivity contribution >= 4 is 27.8 Å². The number of rotatable bonds is 12. The number of carbonyl (C=O) groups is 1. The van der Waals surface area contributed by atoms with Gasteiger partial charge in [0.05, 0.1) is 31.4 Å². The molecule has 1 amide bonds. The van der Waals surface area contributed by atoms with Crippen molar-refractivity contribution in [2.75, 3.05) is 30.3 Å². The van der Waals surface area contributed by atoms with E-state index >= 15 is 0 Å². The Morgan fingerprint density at radius 3 is 2.36 bits per heavy atom. The van der Waals surface area contributed by atoms with Gasteiger partial charge in [-0.25, -0.2) is 13.8 Å². The van der Waals surface area contributed by atoms with Gasteiger partial charge < -0.3 is 9.47 Å². The van der Waals surface area contributed by atoms with Gasteiger partial charge in [0, 0.05) is 0 Å². The van der Waals surface area contributed by atoms with Crippen molar-refractivity contribution in [3.63, 3.8) is 0 Å². The normalized spacial score (nSPS) is 11.6. The summed E-state index contributed by atoms with van der Waals surface area (Å²) in [6.45, 7) is 8.70. The maximum Gasteiger partial charge on any atom is 0.260 e. The van der Waals surface area contributed by atoms with Crippen LogP contribution in [0.4, 0.5) is 5.69 Å². The summed E-state index contributed by atoms with van der Waals surface area (Å²) < 4.78 is 36.9. The predicted octanol–water partition coefficient (Wildman–Crippen LogP) is 3.91. The summed E-state index contributed by atoms with van der Waals surface area (Å²) in [5.41, 5.74) is 4.59. The van der Waals surface area contributed by atoms with Crippen LogP contribution in [0.5, 0.6) is 11.5 Å². The van der Waals surface area contributed by atoms with Gasteiger partial charge in [-0.3, -0.25) is 9.10 Å². The molecule has 0 fully saturated rings. The van der Waals surface area contributed by atoms with Gasteiger partial charge in [-0.2, -0.15) is 5.10 Å². The number of ether oxygens (including phenoxy) is 2. The van der Waals surface area contributed by atoms with Gasteiger partial charge in [0.15, 0.2) is 11.5 Å². The number of amides is 1. The third-order valence-corrected chi connectivity index (χ3v) is 5.81. The minimum atomic E-state index is -3.66. The molecule has 9 heteroatoms. The number of nitrogens with zero attached hydrogens (tertiary/aromatic N) is 2. The van der Waals surface area contributed by atoms with Gasteiger partial charge in [-0.05, 0) is 60.7 Å². The summed E-state index contributed by atoms with van der Waals surface area (Å²) in [6, 6.07) is 12.5. The van der Waals surface area contributed by atoms with Gasteiger partial charge in [-0.1, -0.05) is 32.9 Å². The zero-order valence-corrected chi connectivity index (χ0v) is 20.7. The molecule has 0 radical (unpaired) electrons. The smallest absolute Gasteiger partial charge is 0.260 e. The highest BCUT2D eigenvalue weighted by Gasteiger charge is 2.20. The molecule has 2 aromatic rings. The van der Waals surface area contributed by atoms with E-state index in [1.165, 1.54) is 6.21 Å². The third kappa shape index (κ3) is 8.09. The van der Waals surface area contributed by atoms with Crippen LogP contribution in [-0.4, -0.2) is 46.6 Å². The average Bonchev–Trinajstić information content (AvgIpc) is 2.76. The lowest BCUT2D eigenvalue weighted by molar-refractivity contribution is -0.119. The Kier molecular flexibility index (Phi) is 9.72. The standard InChI is InChI=1S/C24H33N3O5S/c1-6-14-32-22-13-8-19(15-23(22)31-7-2)16-25-26-24(28)17-27(33(5,29)30)21-11-9-20(10-12-21)18(3)4/h8-13,15-16,18H,6-7,14,17H2,1-5H3,(H,26,28)/b25-16-. The molecule has 2 rings (SSSR count). The van der Waals surface area contributed by atoms with Gasteiger partial charge in [0.25, 0.3) is 5.91 Å². The highest BCUT2D eigenvalue weighted by molar-refractivity contribution is 7.92. The lowest BCUT2D eigenvalue weighted by atomic mass is 10.0. The Bertz CT molecular complexity index is 1050. The van der Waals surface area contributed by atoms with Gasteiger partial charge in [-0.15, -0.1) is 0 Å². The average molecular weight is 476 g/mol. The molecule has 0 heterocycles. The van der Waals surface area contributed by atoms with Crippen LogP contribution in [0.1, 0.15) is 51.2 Å². The second kappa shape index (κ2) is 12.2. The molecule has 33 heavy (non-hydrogen) atoms. The second-order valence-corrected chi connectivity index (χ2v) is 9.70. The molecule has 0 saturated heterocycles. The molecule has 180 valence electrons. The van der Waals surface area contributed by atoms with Crippen LogP contribution in [0.3, 0.4) is 0 Å². The Morgan fingerprint density at radius 1 is 1.09 bits per heavy atom. The molecule has 0 atom stereocenters. The first kappa shape index (κ1) is 26.2. The van der Waals surface area contributed by atoms with E-state index < -0.39 is 15.9 Å². The molecule has 0 aliphatic heterocycles. The van der Waals surface area contributed by atoms with E-state index in [9.17, 15) is 13.2 Å². The summed E-state index contributed by atoms with van der Waals surface area (Å²) in [7, 11) is -3.66. The van der Waals surface area contributed by atoms with Crippen LogP contribution in [0.25, 0.3) is 0 Å². The van der Waals surface area contributed by atoms with E-state index in [-0.39, 0.29) is 6.54 Å².